The maximum absolute atomic E-state index is 13.6. The predicted octanol–water partition coefficient (Wildman–Crippen LogP) is 2.72. The van der Waals surface area contributed by atoms with Crippen molar-refractivity contribution in [3.8, 4) is 34.5 Å². The van der Waals surface area contributed by atoms with E-state index >= 15 is 0 Å². The molecule has 2 saturated heterocycles. The minimum atomic E-state index is -0.959. The van der Waals surface area contributed by atoms with E-state index < -0.39 is 17.7 Å². The molecule has 4 heterocycles. The van der Waals surface area contributed by atoms with Gasteiger partial charge in [-0.3, -0.25) is 9.59 Å². The number of ketones is 1. The van der Waals surface area contributed by atoms with E-state index in [9.17, 15) is 14.7 Å². The molecular weight excluding hydrogens is 508 g/mol. The van der Waals surface area contributed by atoms with Crippen LogP contribution in [0.15, 0.2) is 29.8 Å². The van der Waals surface area contributed by atoms with Gasteiger partial charge in [0.2, 0.25) is 18.3 Å². The van der Waals surface area contributed by atoms with Gasteiger partial charge in [0.1, 0.15) is 19.0 Å². The first-order valence-electron chi connectivity index (χ1n) is 13.0. The molecule has 0 unspecified atom stereocenters. The highest BCUT2D eigenvalue weighted by Crippen LogP contribution is 2.54. The summed E-state index contributed by atoms with van der Waals surface area (Å²) in [6.45, 7) is 3.51. The lowest BCUT2D eigenvalue weighted by molar-refractivity contribution is -0.140. The molecule has 0 radical (unpaired) electrons. The SMILES string of the molecule is COc1cc([C@@H]2C(=C(O)c3ccc4c(c3)OCCO4)C(=O)C(=O)N2CCN2CCCC2)c(OC)c2c1OCO2. The number of ether oxygens (including phenoxy) is 6. The first kappa shape index (κ1) is 25.2. The molecule has 0 saturated carbocycles. The summed E-state index contributed by atoms with van der Waals surface area (Å²) in [6, 6.07) is 5.62. The number of nitrogens with zero attached hydrogens (tertiary/aromatic N) is 2. The Bertz CT molecular complexity index is 1350. The van der Waals surface area contributed by atoms with Crippen molar-refractivity contribution in [2.45, 2.75) is 18.9 Å². The van der Waals surface area contributed by atoms with Crippen molar-refractivity contribution in [1.29, 1.82) is 0 Å². The van der Waals surface area contributed by atoms with Gasteiger partial charge < -0.3 is 43.3 Å². The van der Waals surface area contributed by atoms with Crippen LogP contribution in [-0.2, 0) is 9.59 Å². The molecule has 6 rings (SSSR count). The number of amides is 1. The lowest BCUT2D eigenvalue weighted by Gasteiger charge is -2.29. The predicted molar refractivity (Wildman–Crippen MR) is 138 cm³/mol. The van der Waals surface area contributed by atoms with E-state index in [2.05, 4.69) is 4.90 Å². The molecule has 1 N–H and O–H groups in total. The third-order valence-electron chi connectivity index (χ3n) is 7.52. The number of hydrogen-bond donors (Lipinski definition) is 1. The number of likely N-dealkylation sites (tertiary alicyclic amines) is 2. The van der Waals surface area contributed by atoms with Crippen LogP contribution in [0.2, 0.25) is 0 Å². The molecule has 1 amide bonds. The molecule has 0 spiro atoms. The maximum Gasteiger partial charge on any atom is 0.295 e. The summed E-state index contributed by atoms with van der Waals surface area (Å²) >= 11 is 0. The lowest BCUT2D eigenvalue weighted by Crippen LogP contribution is -2.37. The first-order valence-corrected chi connectivity index (χ1v) is 13.0. The van der Waals surface area contributed by atoms with Gasteiger partial charge >= 0.3 is 0 Å². The molecule has 4 aliphatic heterocycles. The minimum absolute atomic E-state index is 0.0299. The summed E-state index contributed by atoms with van der Waals surface area (Å²) in [4.78, 5) is 30.8. The third-order valence-corrected chi connectivity index (χ3v) is 7.52. The van der Waals surface area contributed by atoms with Crippen molar-refractivity contribution in [3.63, 3.8) is 0 Å². The average molecular weight is 539 g/mol. The number of benzene rings is 2. The lowest BCUT2D eigenvalue weighted by atomic mass is 9.93. The Labute approximate surface area is 225 Å². The van der Waals surface area contributed by atoms with Gasteiger partial charge in [-0.25, -0.2) is 0 Å². The summed E-state index contributed by atoms with van der Waals surface area (Å²) in [6.07, 6.45) is 2.19. The third kappa shape index (κ3) is 4.26. The van der Waals surface area contributed by atoms with Gasteiger partial charge in [0.25, 0.3) is 11.7 Å². The van der Waals surface area contributed by atoms with Crippen LogP contribution >= 0.6 is 0 Å². The van der Waals surface area contributed by atoms with E-state index in [4.69, 9.17) is 28.4 Å². The van der Waals surface area contributed by atoms with Gasteiger partial charge in [0.05, 0.1) is 25.8 Å². The van der Waals surface area contributed by atoms with Gasteiger partial charge in [0.15, 0.2) is 23.0 Å². The van der Waals surface area contributed by atoms with Crippen LogP contribution in [0.25, 0.3) is 5.76 Å². The molecule has 1 atom stereocenters. The second kappa shape index (κ2) is 10.2. The van der Waals surface area contributed by atoms with Crippen LogP contribution in [0.4, 0.5) is 0 Å². The van der Waals surface area contributed by atoms with E-state index in [1.807, 2.05) is 0 Å². The van der Waals surface area contributed by atoms with Crippen LogP contribution in [0.3, 0.4) is 0 Å². The van der Waals surface area contributed by atoms with Crippen molar-refractivity contribution in [1.82, 2.24) is 9.80 Å². The van der Waals surface area contributed by atoms with Gasteiger partial charge in [-0.05, 0) is 50.2 Å². The summed E-state index contributed by atoms with van der Waals surface area (Å²) in [7, 11) is 2.97. The fourth-order valence-corrected chi connectivity index (χ4v) is 5.63. The number of aliphatic hydroxyl groups excluding tert-OH is 1. The smallest absolute Gasteiger partial charge is 0.295 e. The standard InChI is InChI=1S/C28H30N2O9/c1-34-20-14-17(25(35-2)27-26(20)38-15-39-27)22-21(23(31)16-5-6-18-19(13-16)37-12-11-36-18)24(32)28(33)30(22)10-9-29-7-3-4-8-29/h5-6,13-14,22,31H,3-4,7-12,15H2,1-2H3/t22-/m1/s1. The van der Waals surface area contributed by atoms with Crippen molar-refractivity contribution in [3.05, 3.63) is 41.0 Å². The molecule has 206 valence electrons. The van der Waals surface area contributed by atoms with Crippen LogP contribution < -0.4 is 28.4 Å². The van der Waals surface area contributed by atoms with Crippen molar-refractivity contribution >= 4 is 17.4 Å². The van der Waals surface area contributed by atoms with E-state index in [0.29, 0.717) is 65.4 Å². The fourth-order valence-electron chi connectivity index (χ4n) is 5.63. The number of fused-ring (bicyclic) bond motifs is 2. The van der Waals surface area contributed by atoms with Gasteiger partial charge in [-0.2, -0.15) is 0 Å². The summed E-state index contributed by atoms with van der Waals surface area (Å²) in [5.41, 5.74) is 0.712. The van der Waals surface area contributed by atoms with E-state index in [0.717, 1.165) is 25.9 Å². The molecule has 11 nitrogen and oxygen atoms in total. The van der Waals surface area contributed by atoms with E-state index in [-0.39, 0.29) is 24.7 Å². The number of methoxy groups -OCH3 is 2. The second-order valence-electron chi connectivity index (χ2n) is 9.67. The zero-order chi connectivity index (χ0) is 27.1. The average Bonchev–Trinajstić information content (AvgIpc) is 3.71. The fraction of sp³-hybridized carbons (Fsp3) is 0.429. The quantitative estimate of drug-likeness (QED) is 0.320. The zero-order valence-electron chi connectivity index (χ0n) is 21.9. The molecule has 11 heteroatoms. The summed E-state index contributed by atoms with van der Waals surface area (Å²) < 4.78 is 33.9. The molecular formula is C28H30N2O9. The molecule has 0 bridgehead atoms. The number of Topliss-reactive ketones (excluding diaryl/α,β-unsaturated/α-hetero) is 1. The first-order chi connectivity index (χ1) is 19.0. The molecule has 0 aromatic heterocycles. The Morgan fingerprint density at radius 2 is 1.69 bits per heavy atom. The second-order valence-corrected chi connectivity index (χ2v) is 9.67. The molecule has 0 aliphatic carbocycles. The van der Waals surface area contributed by atoms with Gasteiger partial charge in [-0.15, -0.1) is 0 Å². The molecule has 2 aromatic carbocycles. The van der Waals surface area contributed by atoms with Crippen molar-refractivity contribution in [2.75, 3.05) is 60.4 Å². The maximum atomic E-state index is 13.6. The highest BCUT2D eigenvalue weighted by atomic mass is 16.7. The largest absolute Gasteiger partial charge is 0.507 e. The number of carbonyl (C=O) groups is 2. The molecule has 4 aliphatic rings. The van der Waals surface area contributed by atoms with Gasteiger partial charge in [-0.1, -0.05) is 0 Å². The van der Waals surface area contributed by atoms with Gasteiger partial charge in [0, 0.05) is 24.2 Å². The zero-order valence-corrected chi connectivity index (χ0v) is 21.9. The molecule has 2 fully saturated rings. The van der Waals surface area contributed by atoms with Crippen LogP contribution in [0.1, 0.15) is 30.0 Å². The monoisotopic (exact) mass is 538 g/mol. The summed E-state index contributed by atoms with van der Waals surface area (Å²) in [5, 5.41) is 11.6. The Kier molecular flexibility index (Phi) is 6.59. The Morgan fingerprint density at radius 1 is 0.949 bits per heavy atom. The number of carbonyl (C=O) groups excluding carboxylic acids is 2. The molecule has 39 heavy (non-hydrogen) atoms. The normalized spacial score (nSPS) is 21.5. The van der Waals surface area contributed by atoms with Crippen LogP contribution in [-0.4, -0.2) is 87.0 Å². The van der Waals surface area contributed by atoms with Crippen LogP contribution in [0.5, 0.6) is 34.5 Å². The minimum Gasteiger partial charge on any atom is -0.507 e. The Balaban J connectivity index is 1.50. The van der Waals surface area contributed by atoms with E-state index in [1.54, 1.807) is 24.3 Å². The van der Waals surface area contributed by atoms with E-state index in [1.165, 1.54) is 19.1 Å². The Hall–Kier alpha value is -4.12. The number of hydrogen-bond acceptors (Lipinski definition) is 10. The highest BCUT2D eigenvalue weighted by Gasteiger charge is 2.48. The van der Waals surface area contributed by atoms with Crippen LogP contribution in [0, 0.1) is 0 Å². The Morgan fingerprint density at radius 3 is 2.44 bits per heavy atom. The number of rotatable bonds is 7. The number of aliphatic hydroxyl groups is 1. The summed E-state index contributed by atoms with van der Waals surface area (Å²) in [5.74, 6) is 0.546. The van der Waals surface area contributed by atoms with Crippen molar-refractivity contribution in [2.24, 2.45) is 0 Å². The highest BCUT2D eigenvalue weighted by molar-refractivity contribution is 6.46. The molecule has 2 aromatic rings. The van der Waals surface area contributed by atoms with Crippen molar-refractivity contribution < 1.29 is 43.1 Å². The topological polar surface area (TPSA) is 116 Å².